The molecule has 1 aliphatic carbocycles. The zero-order chi connectivity index (χ0) is 18.3. The molecule has 1 saturated heterocycles. The Balaban J connectivity index is 1.36. The zero-order valence-corrected chi connectivity index (χ0v) is 15.9. The SMILES string of the molecule is Cc1cc(C(=O)N2CCC3(CC2)CC3N(C)Cc2nccs2)nc(=O)[nH]1. The fourth-order valence-electron chi connectivity index (χ4n) is 4.15. The monoisotopic (exact) mass is 373 g/mol. The third-order valence-corrected chi connectivity index (χ3v) is 6.46. The van der Waals surface area contributed by atoms with E-state index in [0.717, 1.165) is 37.5 Å². The van der Waals surface area contributed by atoms with Gasteiger partial charge in [0.15, 0.2) is 0 Å². The highest BCUT2D eigenvalue weighted by molar-refractivity contribution is 7.09. The number of thiazole rings is 1. The second-order valence-electron chi connectivity index (χ2n) is 7.47. The quantitative estimate of drug-likeness (QED) is 0.881. The van der Waals surface area contributed by atoms with Crippen molar-refractivity contribution in [2.45, 2.75) is 38.8 Å². The fraction of sp³-hybridized carbons (Fsp3) is 0.556. The van der Waals surface area contributed by atoms with Crippen molar-refractivity contribution in [1.29, 1.82) is 0 Å². The van der Waals surface area contributed by atoms with E-state index in [1.165, 1.54) is 6.42 Å². The molecule has 1 saturated carbocycles. The Morgan fingerprint density at radius 2 is 2.23 bits per heavy atom. The number of hydrogen-bond acceptors (Lipinski definition) is 6. The van der Waals surface area contributed by atoms with E-state index < -0.39 is 5.69 Å². The molecule has 1 unspecified atom stereocenters. The number of aromatic amines is 1. The zero-order valence-electron chi connectivity index (χ0n) is 15.1. The molecule has 2 aliphatic rings. The number of likely N-dealkylation sites (tertiary alicyclic amines) is 1. The lowest BCUT2D eigenvalue weighted by Gasteiger charge is -2.34. The maximum Gasteiger partial charge on any atom is 0.345 e. The highest BCUT2D eigenvalue weighted by Crippen LogP contribution is 2.56. The van der Waals surface area contributed by atoms with Gasteiger partial charge < -0.3 is 9.88 Å². The van der Waals surface area contributed by atoms with Gasteiger partial charge in [0.25, 0.3) is 5.91 Å². The maximum atomic E-state index is 12.7. The summed E-state index contributed by atoms with van der Waals surface area (Å²) in [5.74, 6) is -0.137. The van der Waals surface area contributed by atoms with Crippen LogP contribution in [0.2, 0.25) is 0 Å². The third-order valence-electron chi connectivity index (χ3n) is 5.69. The van der Waals surface area contributed by atoms with Crippen LogP contribution in [0.5, 0.6) is 0 Å². The van der Waals surface area contributed by atoms with Gasteiger partial charge in [0.2, 0.25) is 0 Å². The number of carbonyl (C=O) groups is 1. The number of hydrogen-bond donors (Lipinski definition) is 1. The van der Waals surface area contributed by atoms with Gasteiger partial charge in [-0.25, -0.2) is 9.78 Å². The van der Waals surface area contributed by atoms with E-state index in [0.29, 0.717) is 17.2 Å². The van der Waals surface area contributed by atoms with Gasteiger partial charge in [-0.3, -0.25) is 9.69 Å². The van der Waals surface area contributed by atoms with Gasteiger partial charge in [0, 0.05) is 36.4 Å². The number of H-pyrrole nitrogens is 1. The highest BCUT2D eigenvalue weighted by atomic mass is 32.1. The highest BCUT2D eigenvalue weighted by Gasteiger charge is 2.56. The largest absolute Gasteiger partial charge is 0.345 e. The predicted octanol–water partition coefficient (Wildman–Crippen LogP) is 1.66. The van der Waals surface area contributed by atoms with Crippen LogP contribution in [-0.2, 0) is 6.54 Å². The van der Waals surface area contributed by atoms with Gasteiger partial charge >= 0.3 is 5.69 Å². The average molecular weight is 373 g/mol. The molecule has 2 fully saturated rings. The van der Waals surface area contributed by atoms with Crippen LogP contribution in [0.15, 0.2) is 22.4 Å². The lowest BCUT2D eigenvalue weighted by atomic mass is 9.92. The minimum Gasteiger partial charge on any atom is -0.337 e. The standard InChI is InChI=1S/C18H23N5O2S/c1-12-9-13(21-17(25)20-12)16(24)23-6-3-18(4-7-23)10-14(18)22(2)11-15-19-5-8-26-15/h5,8-9,14H,3-4,6-7,10-11H2,1-2H3,(H,20,21,25). The lowest BCUT2D eigenvalue weighted by molar-refractivity contribution is 0.0651. The molecule has 1 N–H and O–H groups in total. The second kappa shape index (κ2) is 6.59. The molecule has 1 spiro atoms. The first-order valence-corrected chi connectivity index (χ1v) is 9.81. The molecule has 0 radical (unpaired) electrons. The number of amides is 1. The van der Waals surface area contributed by atoms with Crippen LogP contribution in [0, 0.1) is 12.3 Å². The molecule has 7 nitrogen and oxygen atoms in total. The Kier molecular flexibility index (Phi) is 4.40. The average Bonchev–Trinajstić information content (AvgIpc) is 3.05. The van der Waals surface area contributed by atoms with E-state index in [1.807, 2.05) is 16.5 Å². The molecule has 1 aliphatic heterocycles. The van der Waals surface area contributed by atoms with Crippen LogP contribution >= 0.6 is 11.3 Å². The van der Waals surface area contributed by atoms with Gasteiger partial charge in [-0.2, -0.15) is 4.98 Å². The van der Waals surface area contributed by atoms with Crippen molar-refractivity contribution in [3.8, 4) is 0 Å². The number of piperidine rings is 1. The summed E-state index contributed by atoms with van der Waals surface area (Å²) < 4.78 is 0. The van der Waals surface area contributed by atoms with Gasteiger partial charge in [0.1, 0.15) is 10.7 Å². The summed E-state index contributed by atoms with van der Waals surface area (Å²) in [5.41, 5.74) is 0.775. The van der Waals surface area contributed by atoms with Crippen LogP contribution in [0.25, 0.3) is 0 Å². The number of carbonyl (C=O) groups excluding carboxylic acids is 1. The summed E-state index contributed by atoms with van der Waals surface area (Å²) in [6, 6.07) is 2.22. The summed E-state index contributed by atoms with van der Waals surface area (Å²) in [5, 5.41) is 3.17. The van der Waals surface area contributed by atoms with E-state index in [2.05, 4.69) is 26.9 Å². The van der Waals surface area contributed by atoms with E-state index in [9.17, 15) is 9.59 Å². The van der Waals surface area contributed by atoms with Crippen molar-refractivity contribution in [2.24, 2.45) is 5.41 Å². The molecule has 3 heterocycles. The molecule has 2 aromatic rings. The van der Waals surface area contributed by atoms with Crippen LogP contribution in [-0.4, -0.2) is 56.8 Å². The summed E-state index contributed by atoms with van der Waals surface area (Å²) in [4.78, 5) is 39.2. The number of aryl methyl sites for hydroxylation is 1. The van der Waals surface area contributed by atoms with Crippen LogP contribution in [0.1, 0.15) is 40.5 Å². The van der Waals surface area contributed by atoms with Crippen molar-refractivity contribution >= 4 is 17.2 Å². The first-order valence-electron chi connectivity index (χ1n) is 8.93. The molecule has 26 heavy (non-hydrogen) atoms. The molecule has 1 amide bonds. The number of nitrogens with one attached hydrogen (secondary N) is 1. The predicted molar refractivity (Wildman–Crippen MR) is 99.2 cm³/mol. The van der Waals surface area contributed by atoms with Gasteiger partial charge in [-0.1, -0.05) is 0 Å². The van der Waals surface area contributed by atoms with Crippen molar-refractivity contribution in [2.75, 3.05) is 20.1 Å². The van der Waals surface area contributed by atoms with Crippen LogP contribution in [0.3, 0.4) is 0 Å². The first kappa shape index (κ1) is 17.4. The maximum absolute atomic E-state index is 12.7. The minimum absolute atomic E-state index is 0.137. The summed E-state index contributed by atoms with van der Waals surface area (Å²) >= 11 is 1.70. The molecule has 138 valence electrons. The van der Waals surface area contributed by atoms with E-state index in [4.69, 9.17) is 0 Å². The Hall–Kier alpha value is -2.06. The molecular weight excluding hydrogens is 350 g/mol. The fourth-order valence-corrected chi connectivity index (χ4v) is 4.83. The van der Waals surface area contributed by atoms with E-state index in [1.54, 1.807) is 24.3 Å². The second-order valence-corrected chi connectivity index (χ2v) is 8.45. The topological polar surface area (TPSA) is 82.2 Å². The molecular formula is C18H23N5O2S. The van der Waals surface area contributed by atoms with E-state index in [-0.39, 0.29) is 11.6 Å². The molecule has 2 aromatic heterocycles. The van der Waals surface area contributed by atoms with Gasteiger partial charge in [-0.05, 0) is 44.7 Å². The van der Waals surface area contributed by atoms with Gasteiger partial charge in [-0.15, -0.1) is 11.3 Å². The summed E-state index contributed by atoms with van der Waals surface area (Å²) in [6.45, 7) is 4.11. The number of rotatable bonds is 4. The Morgan fingerprint density at radius 1 is 1.46 bits per heavy atom. The normalized spacial score (nSPS) is 21.3. The molecule has 0 aromatic carbocycles. The van der Waals surface area contributed by atoms with Crippen LogP contribution < -0.4 is 5.69 Å². The van der Waals surface area contributed by atoms with Crippen molar-refractivity contribution in [3.63, 3.8) is 0 Å². The van der Waals surface area contributed by atoms with Crippen molar-refractivity contribution in [1.82, 2.24) is 24.8 Å². The number of aromatic nitrogens is 3. The third kappa shape index (κ3) is 3.31. The van der Waals surface area contributed by atoms with Crippen molar-refractivity contribution in [3.05, 3.63) is 44.5 Å². The summed E-state index contributed by atoms with van der Waals surface area (Å²) in [6.07, 6.45) is 5.06. The van der Waals surface area contributed by atoms with Gasteiger partial charge in [0.05, 0.1) is 6.54 Å². The number of nitrogens with zero attached hydrogens (tertiary/aromatic N) is 4. The Labute approximate surface area is 156 Å². The molecule has 1 atom stereocenters. The molecule has 0 bridgehead atoms. The Bertz CT molecular complexity index is 855. The van der Waals surface area contributed by atoms with E-state index >= 15 is 0 Å². The van der Waals surface area contributed by atoms with Crippen LogP contribution in [0.4, 0.5) is 0 Å². The molecule has 4 rings (SSSR count). The minimum atomic E-state index is -0.465. The van der Waals surface area contributed by atoms with Crippen molar-refractivity contribution < 1.29 is 4.79 Å². The Morgan fingerprint density at radius 3 is 2.88 bits per heavy atom. The lowest BCUT2D eigenvalue weighted by Crippen LogP contribution is -2.42. The first-order chi connectivity index (χ1) is 12.5. The smallest absolute Gasteiger partial charge is 0.337 e. The molecule has 8 heteroatoms. The summed E-state index contributed by atoms with van der Waals surface area (Å²) in [7, 11) is 2.17.